The van der Waals surface area contributed by atoms with Gasteiger partial charge in [-0.2, -0.15) is 0 Å². The first kappa shape index (κ1) is 62.1. The highest BCUT2D eigenvalue weighted by molar-refractivity contribution is 6.51. The molecule has 0 saturated carbocycles. The lowest BCUT2D eigenvalue weighted by molar-refractivity contribution is 0.0816. The van der Waals surface area contributed by atoms with Gasteiger partial charge in [-0.05, 0) is 38.8 Å². The zero-order valence-electron chi connectivity index (χ0n) is 46.6. The van der Waals surface area contributed by atoms with Crippen LogP contribution in [-0.4, -0.2) is 57.8 Å². The zero-order valence-corrected chi connectivity index (χ0v) is 46.6. The lowest BCUT2D eigenvalue weighted by atomic mass is 9.95. The molecule has 0 N–H and O–H groups in total. The van der Waals surface area contributed by atoms with Crippen LogP contribution in [0.15, 0.2) is 279 Å². The molecule has 0 heterocycles. The Morgan fingerprint density at radius 1 is 0.179 bits per heavy atom. The molecule has 0 fully saturated rings. The standard InChI is InChI=1S/2C16H14O2.3C14H10O2/c1-11-3-7-13(8-4-11)15(17)16(18)14-9-5-12(2)6-10-14;1-11-7-6-10-14(12(11)2)16(18)15(17)13-8-4-3-5-9-13;3*15-13(11-7-3-1-4-8-11)14(16)12-9-5-2-6-10-12/h2*3-10H,1-2H3;3*1-10H. The molecule has 84 heavy (non-hydrogen) atoms. The van der Waals surface area contributed by atoms with Gasteiger partial charge in [0.05, 0.1) is 0 Å². The van der Waals surface area contributed by atoms with E-state index in [1.54, 1.807) is 206 Å². The summed E-state index contributed by atoms with van der Waals surface area (Å²) < 4.78 is 0. The van der Waals surface area contributed by atoms with Crippen molar-refractivity contribution in [2.45, 2.75) is 27.7 Å². The topological polar surface area (TPSA) is 171 Å². The third kappa shape index (κ3) is 18.0. The third-order valence-electron chi connectivity index (χ3n) is 12.8. The van der Waals surface area contributed by atoms with Gasteiger partial charge in [0.1, 0.15) is 0 Å². The minimum atomic E-state index is -0.466. The summed E-state index contributed by atoms with van der Waals surface area (Å²) in [6.45, 7) is 7.67. The second-order valence-corrected chi connectivity index (χ2v) is 18.8. The molecule has 10 rings (SSSR count). The van der Waals surface area contributed by atoms with Crippen molar-refractivity contribution >= 4 is 57.8 Å². The van der Waals surface area contributed by atoms with E-state index in [1.807, 2.05) is 100 Å². The molecule has 0 unspecified atom stereocenters. The number of rotatable bonds is 15. The van der Waals surface area contributed by atoms with Gasteiger partial charge in [-0.1, -0.05) is 290 Å². The average molecular weight is 1110 g/mol. The molecule has 10 aromatic rings. The number of Topliss-reactive ketones (excluding diaryl/α,β-unsaturated/α-hetero) is 10. The summed E-state index contributed by atoms with van der Waals surface area (Å²) in [6.07, 6.45) is 0. The van der Waals surface area contributed by atoms with Crippen molar-refractivity contribution in [1.82, 2.24) is 0 Å². The first-order chi connectivity index (χ1) is 40.5. The van der Waals surface area contributed by atoms with Crippen molar-refractivity contribution in [3.05, 3.63) is 357 Å². The van der Waals surface area contributed by atoms with Crippen molar-refractivity contribution in [3.63, 3.8) is 0 Å². The molecule has 414 valence electrons. The zero-order chi connectivity index (χ0) is 60.4. The average Bonchev–Trinajstić information content (AvgIpc) is 3.74. The molecule has 0 aliphatic heterocycles. The van der Waals surface area contributed by atoms with Crippen molar-refractivity contribution in [3.8, 4) is 0 Å². The van der Waals surface area contributed by atoms with Crippen molar-refractivity contribution in [2.24, 2.45) is 0 Å². The van der Waals surface area contributed by atoms with E-state index < -0.39 is 57.8 Å². The normalized spacial score (nSPS) is 9.90. The minimum Gasteiger partial charge on any atom is -0.285 e. The van der Waals surface area contributed by atoms with E-state index >= 15 is 0 Å². The summed E-state index contributed by atoms with van der Waals surface area (Å²) in [7, 11) is 0. The van der Waals surface area contributed by atoms with Gasteiger partial charge in [-0.15, -0.1) is 0 Å². The van der Waals surface area contributed by atoms with Gasteiger partial charge >= 0.3 is 0 Å². The van der Waals surface area contributed by atoms with Gasteiger partial charge in [-0.3, -0.25) is 47.9 Å². The van der Waals surface area contributed by atoms with E-state index in [9.17, 15) is 47.9 Å². The van der Waals surface area contributed by atoms with Gasteiger partial charge in [-0.25, -0.2) is 0 Å². The summed E-state index contributed by atoms with van der Waals surface area (Å²) in [4.78, 5) is 119. The predicted molar refractivity (Wildman–Crippen MR) is 327 cm³/mol. The molecular formula is C74H58O10. The molecule has 10 heteroatoms. The van der Waals surface area contributed by atoms with E-state index in [-0.39, 0.29) is 0 Å². The molecule has 0 bridgehead atoms. The van der Waals surface area contributed by atoms with Crippen LogP contribution in [0, 0.1) is 27.7 Å². The number of hydrogen-bond donors (Lipinski definition) is 0. The summed E-state index contributed by atoms with van der Waals surface area (Å²) in [5, 5.41) is 0. The molecule has 0 aliphatic rings. The second-order valence-electron chi connectivity index (χ2n) is 18.8. The lowest BCUT2D eigenvalue weighted by Crippen LogP contribution is -2.15. The molecule has 0 aliphatic carbocycles. The van der Waals surface area contributed by atoms with Crippen LogP contribution < -0.4 is 0 Å². The van der Waals surface area contributed by atoms with Gasteiger partial charge in [0.15, 0.2) is 0 Å². The van der Waals surface area contributed by atoms with E-state index in [0.29, 0.717) is 55.6 Å². The van der Waals surface area contributed by atoms with Gasteiger partial charge in [0.2, 0.25) is 57.8 Å². The maximum absolute atomic E-state index is 12.2. The number of aryl methyl sites for hydroxylation is 3. The fraction of sp³-hybridized carbons (Fsp3) is 0.0541. The molecule has 0 spiro atoms. The quantitative estimate of drug-likeness (QED) is 0.0711. The molecule has 0 atom stereocenters. The fourth-order valence-electron chi connectivity index (χ4n) is 7.84. The lowest BCUT2D eigenvalue weighted by Gasteiger charge is -2.06. The molecule has 0 amide bonds. The highest BCUT2D eigenvalue weighted by atomic mass is 16.2. The highest BCUT2D eigenvalue weighted by Gasteiger charge is 2.22. The monoisotopic (exact) mass is 1110 g/mol. The Hall–Kier alpha value is -11.1. The van der Waals surface area contributed by atoms with Crippen LogP contribution in [0.3, 0.4) is 0 Å². The smallest absolute Gasteiger partial charge is 0.233 e. The van der Waals surface area contributed by atoms with Crippen LogP contribution >= 0.6 is 0 Å². The fourth-order valence-corrected chi connectivity index (χ4v) is 7.84. The van der Waals surface area contributed by atoms with Crippen LogP contribution in [0.5, 0.6) is 0 Å². The van der Waals surface area contributed by atoms with E-state index in [0.717, 1.165) is 22.3 Å². The molecule has 0 aromatic heterocycles. The van der Waals surface area contributed by atoms with E-state index in [2.05, 4.69) is 0 Å². The van der Waals surface area contributed by atoms with E-state index in [4.69, 9.17) is 0 Å². The SMILES string of the molecule is Cc1ccc(C(=O)C(=O)c2ccc(C)cc2)cc1.Cc1cccc(C(=O)C(=O)c2ccccc2)c1C.O=C(C(=O)c1ccccc1)c1ccccc1.O=C(C(=O)c1ccccc1)c1ccccc1.O=C(C(=O)c1ccccc1)c1ccccc1. The largest absolute Gasteiger partial charge is 0.285 e. The Morgan fingerprint density at radius 3 is 0.560 bits per heavy atom. The van der Waals surface area contributed by atoms with Crippen LogP contribution in [0.1, 0.15) is 126 Å². The number of carbonyl (C=O) groups excluding carboxylic acids is 10. The maximum atomic E-state index is 12.2. The Labute approximate surface area is 488 Å². The number of ketones is 10. The number of hydrogen-bond acceptors (Lipinski definition) is 10. The predicted octanol–water partition coefficient (Wildman–Crippen LogP) is 15.0. The van der Waals surface area contributed by atoms with Crippen LogP contribution in [0.25, 0.3) is 0 Å². The Bertz CT molecular complexity index is 3440. The minimum absolute atomic E-state index is 0.427. The van der Waals surface area contributed by atoms with Gasteiger partial charge in [0, 0.05) is 55.6 Å². The van der Waals surface area contributed by atoms with Crippen molar-refractivity contribution < 1.29 is 47.9 Å². The maximum Gasteiger partial charge on any atom is 0.233 e. The van der Waals surface area contributed by atoms with Crippen molar-refractivity contribution in [2.75, 3.05) is 0 Å². The first-order valence-corrected chi connectivity index (χ1v) is 26.6. The van der Waals surface area contributed by atoms with Gasteiger partial charge < -0.3 is 0 Å². The number of benzene rings is 10. The highest BCUT2D eigenvalue weighted by Crippen LogP contribution is 2.17. The Morgan fingerprint density at radius 2 is 0.357 bits per heavy atom. The summed E-state index contributed by atoms with van der Waals surface area (Å²) in [5.41, 5.74) is 8.37. The Balaban J connectivity index is 0.000000169. The molecule has 0 saturated heterocycles. The Kier molecular flexibility index (Phi) is 23.4. The summed E-state index contributed by atoms with van der Waals surface area (Å²) in [6, 6.07) is 79.6. The van der Waals surface area contributed by atoms with E-state index in [1.165, 1.54) is 0 Å². The third-order valence-corrected chi connectivity index (χ3v) is 12.8. The van der Waals surface area contributed by atoms with Crippen LogP contribution in [0.2, 0.25) is 0 Å². The summed E-state index contributed by atoms with van der Waals surface area (Å²) >= 11 is 0. The second kappa shape index (κ2) is 31.6. The van der Waals surface area contributed by atoms with Crippen LogP contribution in [0.4, 0.5) is 0 Å². The number of carbonyl (C=O) groups is 10. The molecular weight excluding hydrogens is 1050 g/mol. The van der Waals surface area contributed by atoms with Crippen molar-refractivity contribution in [1.29, 1.82) is 0 Å². The van der Waals surface area contributed by atoms with Gasteiger partial charge in [0.25, 0.3) is 0 Å². The first-order valence-electron chi connectivity index (χ1n) is 26.6. The molecule has 10 aromatic carbocycles. The van der Waals surface area contributed by atoms with Crippen LogP contribution in [-0.2, 0) is 0 Å². The molecule has 10 nitrogen and oxygen atoms in total. The molecule has 0 radical (unpaired) electrons. The summed E-state index contributed by atoms with van der Waals surface area (Å²) in [5.74, 6) is -4.61.